The highest BCUT2D eigenvalue weighted by molar-refractivity contribution is 7.14. The zero-order chi connectivity index (χ0) is 18.1. The van der Waals surface area contributed by atoms with Crippen LogP contribution in [0.25, 0.3) is 0 Å². The number of ether oxygens (including phenoxy) is 1. The van der Waals surface area contributed by atoms with Gasteiger partial charge >= 0.3 is 6.09 Å². The Balaban J connectivity index is 0.00000210. The molecule has 2 saturated heterocycles. The lowest BCUT2D eigenvalue weighted by atomic mass is 9.98. The number of amides is 1. The van der Waals surface area contributed by atoms with Gasteiger partial charge in [-0.1, -0.05) is 30.3 Å². The van der Waals surface area contributed by atoms with Crippen LogP contribution < -0.4 is 21.9 Å². The number of rotatable bonds is 4. The van der Waals surface area contributed by atoms with E-state index in [9.17, 15) is 4.79 Å². The van der Waals surface area contributed by atoms with E-state index in [-0.39, 0.29) is 29.2 Å². The van der Waals surface area contributed by atoms with Crippen LogP contribution in [0.3, 0.4) is 0 Å². The second-order valence-corrected chi connectivity index (χ2v) is 8.94. The molecular weight excluding hydrogens is 424 g/mol. The Labute approximate surface area is 176 Å². The molecule has 1 aromatic carbocycles. The summed E-state index contributed by atoms with van der Waals surface area (Å²) >= 11 is 1.58. The van der Waals surface area contributed by atoms with Gasteiger partial charge in [-0.15, -0.1) is 11.3 Å². The molecule has 2 aliphatic heterocycles. The lowest BCUT2D eigenvalue weighted by molar-refractivity contribution is -0.931. The molecule has 4 rings (SSSR count). The van der Waals surface area contributed by atoms with Gasteiger partial charge in [-0.2, -0.15) is 0 Å². The van der Waals surface area contributed by atoms with E-state index in [2.05, 4.69) is 26.2 Å². The van der Waals surface area contributed by atoms with Crippen molar-refractivity contribution in [3.8, 4) is 0 Å². The van der Waals surface area contributed by atoms with Gasteiger partial charge in [0, 0.05) is 25.7 Å². The third-order valence-electron chi connectivity index (χ3n) is 6.23. The molecule has 0 saturated carbocycles. The summed E-state index contributed by atoms with van der Waals surface area (Å²) in [6, 6.07) is 15.3. The number of benzene rings is 1. The third kappa shape index (κ3) is 4.23. The molecule has 2 atom stereocenters. The summed E-state index contributed by atoms with van der Waals surface area (Å²) in [6.07, 6.45) is 4.31. The minimum atomic E-state index is -0.215. The molecule has 27 heavy (non-hydrogen) atoms. The van der Waals surface area contributed by atoms with Gasteiger partial charge in [-0.3, -0.25) is 4.90 Å². The summed E-state index contributed by atoms with van der Waals surface area (Å²) in [5.41, 5.74) is 1.11. The largest absolute Gasteiger partial charge is 1.00 e. The van der Waals surface area contributed by atoms with Crippen molar-refractivity contribution in [3.63, 3.8) is 0 Å². The number of piperidine rings is 1. The Bertz CT molecular complexity index is 735. The number of halogens is 1. The predicted molar refractivity (Wildman–Crippen MR) is 105 cm³/mol. The fraction of sp³-hybridized carbons (Fsp3) is 0.476. The standard InChI is InChI=1S/C21H27N2O2S.BrH/c1-23(2)17-10-11-18(23)14-19(13-17)25-21(24)22(20-9-6-12-26-20)15-16-7-4-3-5-8-16;/h3-9,12,17-19H,10-11,13-15H2,1-2H3;1H/q+1;/p-1. The molecule has 2 aliphatic rings. The van der Waals surface area contributed by atoms with Crippen LogP contribution in [-0.4, -0.2) is 42.9 Å². The highest BCUT2D eigenvalue weighted by Gasteiger charge is 2.50. The Morgan fingerprint density at radius 3 is 2.37 bits per heavy atom. The fourth-order valence-electron chi connectivity index (χ4n) is 4.55. The second kappa shape index (κ2) is 8.33. The van der Waals surface area contributed by atoms with Gasteiger partial charge in [-0.25, -0.2) is 4.79 Å². The molecule has 6 heteroatoms. The van der Waals surface area contributed by atoms with Crippen LogP contribution in [0.2, 0.25) is 0 Å². The van der Waals surface area contributed by atoms with E-state index in [4.69, 9.17) is 4.74 Å². The number of fused-ring (bicyclic) bond motifs is 2. The molecule has 0 radical (unpaired) electrons. The number of carbonyl (C=O) groups excluding carboxylic acids is 1. The Morgan fingerprint density at radius 2 is 1.78 bits per heavy atom. The molecule has 0 spiro atoms. The van der Waals surface area contributed by atoms with Gasteiger partial charge in [0.2, 0.25) is 0 Å². The highest BCUT2D eigenvalue weighted by Crippen LogP contribution is 2.40. The molecule has 3 heterocycles. The van der Waals surface area contributed by atoms with E-state index in [0.717, 1.165) is 27.9 Å². The SMILES string of the molecule is C[N+]1(C)C2CCC1CC(OC(=O)N(Cc1ccccc1)c1cccs1)C2.[Br-]. The molecule has 2 unspecified atom stereocenters. The first-order chi connectivity index (χ1) is 12.5. The van der Waals surface area contributed by atoms with Crippen LogP contribution in [-0.2, 0) is 11.3 Å². The molecule has 1 amide bonds. The molecule has 146 valence electrons. The van der Waals surface area contributed by atoms with Gasteiger partial charge in [-0.05, 0) is 23.1 Å². The first-order valence-corrected chi connectivity index (χ1v) is 10.3. The van der Waals surface area contributed by atoms with Gasteiger partial charge in [0.25, 0.3) is 0 Å². The van der Waals surface area contributed by atoms with E-state index in [1.807, 2.05) is 35.7 Å². The Kier molecular flexibility index (Phi) is 6.28. The number of hydrogen-bond donors (Lipinski definition) is 0. The summed E-state index contributed by atoms with van der Waals surface area (Å²) in [5, 5.41) is 2.94. The number of carbonyl (C=O) groups is 1. The average Bonchev–Trinajstić information content (AvgIpc) is 3.17. The number of quaternary nitrogens is 1. The average molecular weight is 451 g/mol. The molecule has 2 fully saturated rings. The van der Waals surface area contributed by atoms with Crippen molar-refractivity contribution < 1.29 is 31.0 Å². The van der Waals surface area contributed by atoms with E-state index in [1.54, 1.807) is 16.2 Å². The first-order valence-electron chi connectivity index (χ1n) is 9.43. The van der Waals surface area contributed by atoms with Gasteiger partial charge in [0.15, 0.2) is 0 Å². The Hall–Kier alpha value is -1.37. The number of hydrogen-bond acceptors (Lipinski definition) is 3. The van der Waals surface area contributed by atoms with E-state index < -0.39 is 0 Å². The van der Waals surface area contributed by atoms with E-state index >= 15 is 0 Å². The second-order valence-electron chi connectivity index (χ2n) is 8.01. The van der Waals surface area contributed by atoms with Gasteiger partial charge in [0.05, 0.1) is 32.7 Å². The van der Waals surface area contributed by atoms with Gasteiger partial charge in [0.1, 0.15) is 11.1 Å². The summed E-state index contributed by atoms with van der Waals surface area (Å²) < 4.78 is 7.10. The van der Waals surface area contributed by atoms with E-state index in [0.29, 0.717) is 18.6 Å². The number of thiophene rings is 1. The van der Waals surface area contributed by atoms with Crippen molar-refractivity contribution in [2.45, 2.75) is 50.4 Å². The summed E-state index contributed by atoms with van der Waals surface area (Å²) in [5.74, 6) is 0. The highest BCUT2D eigenvalue weighted by atomic mass is 79.9. The maximum absolute atomic E-state index is 13.0. The summed E-state index contributed by atoms with van der Waals surface area (Å²) in [7, 11) is 4.65. The fourth-order valence-corrected chi connectivity index (χ4v) is 5.27. The van der Waals surface area contributed by atoms with E-state index in [1.165, 1.54) is 12.8 Å². The molecule has 2 bridgehead atoms. The van der Waals surface area contributed by atoms with Gasteiger partial charge < -0.3 is 26.2 Å². The van der Waals surface area contributed by atoms with Crippen LogP contribution >= 0.6 is 11.3 Å². The maximum atomic E-state index is 13.0. The molecule has 1 aromatic heterocycles. The summed E-state index contributed by atoms with van der Waals surface area (Å²) in [4.78, 5) is 14.8. The zero-order valence-corrected chi connectivity index (χ0v) is 18.3. The van der Waals surface area contributed by atoms with Crippen molar-refractivity contribution in [2.75, 3.05) is 19.0 Å². The number of nitrogens with zero attached hydrogens (tertiary/aromatic N) is 2. The van der Waals surface area contributed by atoms with Crippen molar-refractivity contribution in [3.05, 3.63) is 53.4 Å². The smallest absolute Gasteiger partial charge is 0.415 e. The van der Waals surface area contributed by atoms with Crippen LogP contribution in [0.1, 0.15) is 31.2 Å². The zero-order valence-electron chi connectivity index (χ0n) is 15.9. The Morgan fingerprint density at radius 1 is 1.11 bits per heavy atom. The van der Waals surface area contributed by atoms with Crippen LogP contribution in [0.15, 0.2) is 47.8 Å². The lowest BCUT2D eigenvalue weighted by Gasteiger charge is -2.44. The van der Waals surface area contributed by atoms with Crippen molar-refractivity contribution in [2.24, 2.45) is 0 Å². The first kappa shape index (κ1) is 20.4. The van der Waals surface area contributed by atoms with Crippen molar-refractivity contribution in [1.82, 2.24) is 0 Å². The van der Waals surface area contributed by atoms with Crippen molar-refractivity contribution >= 4 is 22.4 Å². The van der Waals surface area contributed by atoms with Crippen LogP contribution in [0, 0.1) is 0 Å². The number of anilines is 1. The molecule has 2 aromatic rings. The normalized spacial score (nSPS) is 25.5. The minimum absolute atomic E-state index is 0. The topological polar surface area (TPSA) is 29.5 Å². The quantitative estimate of drug-likeness (QED) is 0.662. The van der Waals surface area contributed by atoms with Crippen LogP contribution in [0.5, 0.6) is 0 Å². The third-order valence-corrected chi connectivity index (χ3v) is 7.12. The monoisotopic (exact) mass is 450 g/mol. The van der Waals surface area contributed by atoms with Crippen molar-refractivity contribution in [1.29, 1.82) is 0 Å². The van der Waals surface area contributed by atoms with Crippen LogP contribution in [0.4, 0.5) is 9.80 Å². The lowest BCUT2D eigenvalue weighted by Crippen LogP contribution is -3.00. The predicted octanol–water partition coefficient (Wildman–Crippen LogP) is 1.67. The summed E-state index contributed by atoms with van der Waals surface area (Å²) in [6.45, 7) is 0.543. The maximum Gasteiger partial charge on any atom is 0.415 e. The molecule has 0 aliphatic carbocycles. The minimum Gasteiger partial charge on any atom is -1.00 e. The molecule has 4 nitrogen and oxygen atoms in total. The molecular formula is C21H27BrN2O2S. The molecule has 0 N–H and O–H groups in total.